The second kappa shape index (κ2) is 3.46. The molecule has 0 radical (unpaired) electrons. The lowest BCUT2D eigenvalue weighted by atomic mass is 9.91. The van der Waals surface area contributed by atoms with Crippen LogP contribution in [0.2, 0.25) is 0 Å². The molecule has 0 amide bonds. The number of rotatable bonds is 2. The van der Waals surface area contributed by atoms with Crippen LogP contribution in [0, 0.1) is 6.92 Å². The van der Waals surface area contributed by atoms with Crippen LogP contribution < -0.4 is 0 Å². The van der Waals surface area contributed by atoms with Crippen LogP contribution in [0.1, 0.15) is 16.7 Å². The van der Waals surface area contributed by atoms with Crippen molar-refractivity contribution in [1.82, 2.24) is 0 Å². The minimum atomic E-state index is -0.172. The zero-order chi connectivity index (χ0) is 11.0. The minimum absolute atomic E-state index is 0.172. The van der Waals surface area contributed by atoms with Gasteiger partial charge in [0.15, 0.2) is 0 Å². The second-order valence-electron chi connectivity index (χ2n) is 4.35. The van der Waals surface area contributed by atoms with Crippen molar-refractivity contribution in [3.63, 3.8) is 0 Å². The summed E-state index contributed by atoms with van der Waals surface area (Å²) in [4.78, 5) is 0. The number of benzene rings is 2. The highest BCUT2D eigenvalue weighted by Crippen LogP contribution is 2.44. The van der Waals surface area contributed by atoms with Crippen LogP contribution in [0.3, 0.4) is 0 Å². The summed E-state index contributed by atoms with van der Waals surface area (Å²) < 4.78 is 5.71. The van der Waals surface area contributed by atoms with Gasteiger partial charge in [0.2, 0.25) is 0 Å². The summed E-state index contributed by atoms with van der Waals surface area (Å²) in [6.45, 7) is 2.90. The molecule has 1 fully saturated rings. The molecule has 0 unspecified atom stereocenters. The van der Waals surface area contributed by atoms with Crippen molar-refractivity contribution >= 4 is 0 Å². The predicted octanol–water partition coefficient (Wildman–Crippen LogP) is 3.27. The molecule has 0 N–H and O–H groups in total. The molecule has 1 nitrogen and oxygen atoms in total. The lowest BCUT2D eigenvalue weighted by Gasteiger charge is -2.12. The summed E-state index contributed by atoms with van der Waals surface area (Å²) in [6.07, 6.45) is 0. The molecule has 16 heavy (non-hydrogen) atoms. The second-order valence-corrected chi connectivity index (χ2v) is 4.35. The van der Waals surface area contributed by atoms with E-state index in [1.165, 1.54) is 16.7 Å². The van der Waals surface area contributed by atoms with E-state index in [9.17, 15) is 0 Å². The van der Waals surface area contributed by atoms with E-state index in [4.69, 9.17) is 4.74 Å². The van der Waals surface area contributed by atoms with Crippen molar-refractivity contribution in [2.45, 2.75) is 12.5 Å². The van der Waals surface area contributed by atoms with Crippen molar-refractivity contribution in [2.75, 3.05) is 6.61 Å². The maximum Gasteiger partial charge on any atom is 0.142 e. The van der Waals surface area contributed by atoms with E-state index < -0.39 is 0 Å². The van der Waals surface area contributed by atoms with Gasteiger partial charge >= 0.3 is 0 Å². The lowest BCUT2D eigenvalue weighted by molar-refractivity contribution is 0.349. The SMILES string of the molecule is Cc1ccc([C@@]2(c3ccccc3)CO2)cc1. The highest BCUT2D eigenvalue weighted by molar-refractivity contribution is 5.41. The van der Waals surface area contributed by atoms with Gasteiger partial charge in [-0.15, -0.1) is 0 Å². The van der Waals surface area contributed by atoms with Gasteiger partial charge in [-0.05, 0) is 18.1 Å². The normalized spacial score (nSPS) is 23.1. The van der Waals surface area contributed by atoms with Gasteiger partial charge in [0.1, 0.15) is 5.60 Å². The Morgan fingerprint density at radius 3 is 2.00 bits per heavy atom. The summed E-state index contributed by atoms with van der Waals surface area (Å²) in [5.74, 6) is 0. The van der Waals surface area contributed by atoms with Crippen molar-refractivity contribution in [2.24, 2.45) is 0 Å². The average Bonchev–Trinajstić information content (AvgIpc) is 3.13. The molecule has 3 rings (SSSR count). The first-order valence-corrected chi connectivity index (χ1v) is 5.58. The van der Waals surface area contributed by atoms with Crippen LogP contribution in [0.5, 0.6) is 0 Å². The van der Waals surface area contributed by atoms with E-state index >= 15 is 0 Å². The Morgan fingerprint density at radius 2 is 1.44 bits per heavy atom. The van der Waals surface area contributed by atoms with E-state index in [0.29, 0.717) is 0 Å². The van der Waals surface area contributed by atoms with Gasteiger partial charge in [0.25, 0.3) is 0 Å². The average molecular weight is 210 g/mol. The van der Waals surface area contributed by atoms with Crippen LogP contribution >= 0.6 is 0 Å². The quantitative estimate of drug-likeness (QED) is 0.693. The highest BCUT2D eigenvalue weighted by Gasteiger charge is 2.47. The minimum Gasteiger partial charge on any atom is -0.359 e. The third-order valence-electron chi connectivity index (χ3n) is 3.19. The lowest BCUT2D eigenvalue weighted by Crippen LogP contribution is -2.10. The molecule has 0 aliphatic carbocycles. The van der Waals surface area contributed by atoms with Crippen molar-refractivity contribution < 1.29 is 4.74 Å². The third-order valence-corrected chi connectivity index (χ3v) is 3.19. The third kappa shape index (κ3) is 1.44. The number of epoxide rings is 1. The van der Waals surface area contributed by atoms with Crippen molar-refractivity contribution in [3.05, 3.63) is 71.3 Å². The fraction of sp³-hybridized carbons (Fsp3) is 0.200. The molecule has 0 saturated carbocycles. The molecule has 80 valence electrons. The summed E-state index contributed by atoms with van der Waals surface area (Å²) >= 11 is 0. The van der Waals surface area contributed by atoms with Gasteiger partial charge in [-0.3, -0.25) is 0 Å². The molecule has 0 bridgehead atoms. The Morgan fingerprint density at radius 1 is 0.875 bits per heavy atom. The number of aryl methyl sites for hydroxylation is 1. The van der Waals surface area contributed by atoms with Crippen LogP contribution in [-0.2, 0) is 10.3 Å². The molecular weight excluding hydrogens is 196 g/mol. The zero-order valence-electron chi connectivity index (χ0n) is 9.31. The Kier molecular flexibility index (Phi) is 2.08. The molecule has 1 saturated heterocycles. The first kappa shape index (κ1) is 9.61. The highest BCUT2D eigenvalue weighted by atomic mass is 16.6. The Bertz CT molecular complexity index is 481. The van der Waals surface area contributed by atoms with E-state index in [1.807, 2.05) is 6.07 Å². The van der Waals surface area contributed by atoms with Gasteiger partial charge in [-0.2, -0.15) is 0 Å². The molecule has 2 aromatic rings. The van der Waals surface area contributed by atoms with Gasteiger partial charge in [0.05, 0.1) is 6.61 Å². The van der Waals surface area contributed by atoms with Crippen LogP contribution in [0.15, 0.2) is 54.6 Å². The predicted molar refractivity (Wildman–Crippen MR) is 64.4 cm³/mol. The molecule has 1 aliphatic rings. The number of hydrogen-bond donors (Lipinski definition) is 0. The fourth-order valence-electron chi connectivity index (χ4n) is 2.10. The molecule has 1 aliphatic heterocycles. The summed E-state index contributed by atoms with van der Waals surface area (Å²) in [6, 6.07) is 19.0. The van der Waals surface area contributed by atoms with Gasteiger partial charge in [0, 0.05) is 0 Å². The van der Waals surface area contributed by atoms with E-state index in [1.54, 1.807) is 0 Å². The van der Waals surface area contributed by atoms with E-state index in [0.717, 1.165) is 6.61 Å². The Labute approximate surface area is 95.7 Å². The largest absolute Gasteiger partial charge is 0.359 e. The van der Waals surface area contributed by atoms with Crippen LogP contribution in [0.4, 0.5) is 0 Å². The van der Waals surface area contributed by atoms with Crippen molar-refractivity contribution in [3.8, 4) is 0 Å². The first-order valence-electron chi connectivity index (χ1n) is 5.58. The van der Waals surface area contributed by atoms with Crippen LogP contribution in [0.25, 0.3) is 0 Å². The number of hydrogen-bond acceptors (Lipinski definition) is 1. The molecule has 0 aromatic heterocycles. The molecule has 1 heteroatoms. The molecule has 1 heterocycles. The fourth-order valence-corrected chi connectivity index (χ4v) is 2.10. The number of ether oxygens (including phenoxy) is 1. The van der Waals surface area contributed by atoms with E-state index in [2.05, 4.69) is 55.5 Å². The Hall–Kier alpha value is -1.60. The summed E-state index contributed by atoms with van der Waals surface area (Å²) in [7, 11) is 0. The van der Waals surface area contributed by atoms with Gasteiger partial charge in [-0.25, -0.2) is 0 Å². The maximum atomic E-state index is 5.71. The zero-order valence-corrected chi connectivity index (χ0v) is 9.31. The molecule has 2 aromatic carbocycles. The molecular formula is C15H14O. The van der Waals surface area contributed by atoms with Gasteiger partial charge in [-0.1, -0.05) is 60.2 Å². The molecule has 1 atom stereocenters. The smallest absolute Gasteiger partial charge is 0.142 e. The van der Waals surface area contributed by atoms with E-state index in [-0.39, 0.29) is 5.60 Å². The molecule has 0 spiro atoms. The monoisotopic (exact) mass is 210 g/mol. The van der Waals surface area contributed by atoms with Crippen molar-refractivity contribution in [1.29, 1.82) is 0 Å². The van der Waals surface area contributed by atoms with Gasteiger partial charge < -0.3 is 4.74 Å². The first-order chi connectivity index (χ1) is 7.81. The Balaban J connectivity index is 2.03. The topological polar surface area (TPSA) is 12.5 Å². The summed E-state index contributed by atoms with van der Waals surface area (Å²) in [5, 5.41) is 0. The maximum absolute atomic E-state index is 5.71. The standard InChI is InChI=1S/C15H14O/c1-12-7-9-14(10-8-12)15(11-16-15)13-5-3-2-4-6-13/h2-10H,11H2,1H3/t15-/m0/s1. The summed E-state index contributed by atoms with van der Waals surface area (Å²) in [5.41, 5.74) is 3.62. The van der Waals surface area contributed by atoms with Crippen LogP contribution in [-0.4, -0.2) is 6.61 Å².